The van der Waals surface area contributed by atoms with Crippen molar-refractivity contribution in [1.29, 1.82) is 0 Å². The predicted octanol–water partition coefficient (Wildman–Crippen LogP) is 5.73. The number of aliphatic hydroxyl groups is 2. The molecule has 160 valence electrons. The molecule has 5 heteroatoms. The van der Waals surface area contributed by atoms with Crippen molar-refractivity contribution in [3.8, 4) is 0 Å². The van der Waals surface area contributed by atoms with Gasteiger partial charge in [-0.05, 0) is 46.5 Å². The van der Waals surface area contributed by atoms with Crippen molar-refractivity contribution < 1.29 is 15.0 Å². The van der Waals surface area contributed by atoms with Gasteiger partial charge in [0.2, 0.25) is 5.78 Å². The molecule has 2 N–H and O–H groups in total. The minimum Gasteiger partial charge on any atom is -0.373 e. The number of ketones is 1. The van der Waals surface area contributed by atoms with Crippen molar-refractivity contribution in [3.05, 3.63) is 141 Å². The fraction of sp³-hybridized carbons (Fsp3) is 0.0741. The third-order valence-electron chi connectivity index (χ3n) is 5.53. The maximum absolute atomic E-state index is 14.3. The van der Waals surface area contributed by atoms with E-state index >= 15 is 0 Å². The average Bonchev–Trinajstić information content (AvgIpc) is 2.83. The summed E-state index contributed by atoms with van der Waals surface area (Å²) in [6, 6.07) is 29.9. The van der Waals surface area contributed by atoms with Gasteiger partial charge in [0.05, 0.1) is 0 Å². The molecule has 3 nitrogen and oxygen atoms in total. The van der Waals surface area contributed by atoms with Crippen LogP contribution < -0.4 is 0 Å². The zero-order valence-corrected chi connectivity index (χ0v) is 18.5. The van der Waals surface area contributed by atoms with Crippen LogP contribution in [0.3, 0.4) is 0 Å². The molecule has 2 unspecified atom stereocenters. The van der Waals surface area contributed by atoms with Crippen LogP contribution in [0.25, 0.3) is 0 Å². The summed E-state index contributed by atoms with van der Waals surface area (Å²) in [4.78, 5) is 14.3. The fourth-order valence-corrected chi connectivity index (χ4v) is 4.29. The van der Waals surface area contributed by atoms with Crippen LogP contribution in [-0.4, -0.2) is 16.0 Å². The number of hydrogen-bond donors (Lipinski definition) is 2. The van der Waals surface area contributed by atoms with E-state index in [-0.39, 0.29) is 11.1 Å². The van der Waals surface area contributed by atoms with Crippen LogP contribution in [0.4, 0.5) is 0 Å². The molecule has 0 aromatic heterocycles. The summed E-state index contributed by atoms with van der Waals surface area (Å²) in [5, 5.41) is 24.9. The Labute approximate surface area is 196 Å². The maximum atomic E-state index is 14.3. The lowest BCUT2D eigenvalue weighted by Crippen LogP contribution is -2.50. The number of carbonyl (C=O) groups is 1. The summed E-state index contributed by atoms with van der Waals surface area (Å²) in [6.07, 6.45) is 0. The van der Waals surface area contributed by atoms with E-state index in [0.29, 0.717) is 21.2 Å². The summed E-state index contributed by atoms with van der Waals surface area (Å²) < 4.78 is 0. The summed E-state index contributed by atoms with van der Waals surface area (Å²) in [5.41, 5.74) is -3.28. The SMILES string of the molecule is O=C(C(O)(c1ccccc1)c1cccc(Cl)c1)C(O)(c1ccccc1)c1cccc(Cl)c1. The zero-order valence-electron chi connectivity index (χ0n) is 17.0. The molecule has 32 heavy (non-hydrogen) atoms. The van der Waals surface area contributed by atoms with Crippen LogP contribution in [0.2, 0.25) is 10.0 Å². The van der Waals surface area contributed by atoms with Gasteiger partial charge in [-0.25, -0.2) is 0 Å². The molecule has 0 saturated carbocycles. The first-order valence-electron chi connectivity index (χ1n) is 9.99. The molecule has 0 aliphatic heterocycles. The first-order chi connectivity index (χ1) is 15.4. The van der Waals surface area contributed by atoms with Crippen LogP contribution >= 0.6 is 23.2 Å². The summed E-state index contributed by atoms with van der Waals surface area (Å²) >= 11 is 12.4. The molecule has 0 heterocycles. The van der Waals surface area contributed by atoms with E-state index in [0.717, 1.165) is 0 Å². The molecular weight excluding hydrogens is 443 g/mol. The van der Waals surface area contributed by atoms with Crippen molar-refractivity contribution in [2.75, 3.05) is 0 Å². The summed E-state index contributed by atoms with van der Waals surface area (Å²) in [6.45, 7) is 0. The molecule has 0 saturated heterocycles. The van der Waals surface area contributed by atoms with Gasteiger partial charge < -0.3 is 10.2 Å². The van der Waals surface area contributed by atoms with Gasteiger partial charge in [0.1, 0.15) is 0 Å². The van der Waals surface area contributed by atoms with E-state index in [1.54, 1.807) is 97.1 Å². The van der Waals surface area contributed by atoms with E-state index in [1.807, 2.05) is 0 Å². The molecule has 0 aliphatic carbocycles. The van der Waals surface area contributed by atoms with Crippen molar-refractivity contribution in [2.45, 2.75) is 11.2 Å². The highest BCUT2D eigenvalue weighted by Gasteiger charge is 2.52. The van der Waals surface area contributed by atoms with Gasteiger partial charge in [-0.1, -0.05) is 108 Å². The Bertz CT molecular complexity index is 1150. The molecule has 0 fully saturated rings. The maximum Gasteiger partial charge on any atom is 0.214 e. The normalized spacial score (nSPS) is 14.9. The van der Waals surface area contributed by atoms with E-state index in [2.05, 4.69) is 0 Å². The topological polar surface area (TPSA) is 57.5 Å². The quantitative estimate of drug-likeness (QED) is 0.384. The highest BCUT2D eigenvalue weighted by molar-refractivity contribution is 6.31. The molecular formula is C27H20Cl2O3. The number of hydrogen-bond acceptors (Lipinski definition) is 3. The molecule has 2 atom stereocenters. The second-order valence-electron chi connectivity index (χ2n) is 7.50. The molecule has 4 aromatic rings. The molecule has 0 radical (unpaired) electrons. The Morgan fingerprint density at radius 2 is 0.875 bits per heavy atom. The van der Waals surface area contributed by atoms with Crippen LogP contribution in [0.5, 0.6) is 0 Å². The standard InChI is InChI=1S/C27H20Cl2O3/c28-23-15-7-13-21(17-23)26(31,19-9-3-1-4-10-19)25(30)27(32,20-11-5-2-6-12-20)22-14-8-16-24(29)18-22/h1-18,31-32H. The number of rotatable bonds is 6. The second kappa shape index (κ2) is 8.89. The Kier molecular flexibility index (Phi) is 6.18. The largest absolute Gasteiger partial charge is 0.373 e. The Morgan fingerprint density at radius 3 is 1.22 bits per heavy atom. The highest BCUT2D eigenvalue weighted by Crippen LogP contribution is 2.42. The average molecular weight is 463 g/mol. The summed E-state index contributed by atoms with van der Waals surface area (Å²) in [5.74, 6) is -0.841. The lowest BCUT2D eigenvalue weighted by Gasteiger charge is -2.37. The van der Waals surface area contributed by atoms with Crippen LogP contribution in [0.1, 0.15) is 22.3 Å². The van der Waals surface area contributed by atoms with Gasteiger partial charge >= 0.3 is 0 Å². The monoisotopic (exact) mass is 462 g/mol. The number of halogens is 2. The van der Waals surface area contributed by atoms with Gasteiger partial charge in [0, 0.05) is 10.0 Å². The van der Waals surface area contributed by atoms with Crippen molar-refractivity contribution in [1.82, 2.24) is 0 Å². The smallest absolute Gasteiger partial charge is 0.214 e. The first kappa shape index (κ1) is 22.3. The van der Waals surface area contributed by atoms with Crippen molar-refractivity contribution in [2.24, 2.45) is 0 Å². The predicted molar refractivity (Wildman–Crippen MR) is 127 cm³/mol. The second-order valence-corrected chi connectivity index (χ2v) is 8.38. The van der Waals surface area contributed by atoms with Crippen LogP contribution in [0.15, 0.2) is 109 Å². The van der Waals surface area contributed by atoms with E-state index < -0.39 is 17.0 Å². The first-order valence-corrected chi connectivity index (χ1v) is 10.7. The number of carbonyl (C=O) groups excluding carboxylic acids is 1. The Morgan fingerprint density at radius 1 is 0.531 bits per heavy atom. The number of benzene rings is 4. The van der Waals surface area contributed by atoms with Crippen molar-refractivity contribution >= 4 is 29.0 Å². The minimum atomic E-state index is -2.20. The third kappa shape index (κ3) is 3.85. The van der Waals surface area contributed by atoms with Gasteiger partial charge in [0.25, 0.3) is 0 Å². The fourth-order valence-electron chi connectivity index (χ4n) is 3.91. The van der Waals surface area contributed by atoms with E-state index in [4.69, 9.17) is 23.2 Å². The van der Waals surface area contributed by atoms with Gasteiger partial charge in [-0.3, -0.25) is 4.79 Å². The molecule has 0 bridgehead atoms. The Hall–Kier alpha value is -2.95. The van der Waals surface area contributed by atoms with Gasteiger partial charge in [0.15, 0.2) is 11.2 Å². The molecule has 4 rings (SSSR count). The van der Waals surface area contributed by atoms with Crippen LogP contribution in [-0.2, 0) is 16.0 Å². The van der Waals surface area contributed by atoms with Gasteiger partial charge in [-0.2, -0.15) is 0 Å². The summed E-state index contributed by atoms with van der Waals surface area (Å²) in [7, 11) is 0. The number of Topliss-reactive ketones (excluding diaryl/α,β-unsaturated/α-hetero) is 1. The molecule has 0 spiro atoms. The van der Waals surface area contributed by atoms with E-state index in [9.17, 15) is 15.0 Å². The lowest BCUT2D eigenvalue weighted by atomic mass is 9.71. The van der Waals surface area contributed by atoms with Crippen molar-refractivity contribution in [3.63, 3.8) is 0 Å². The Balaban J connectivity index is 2.02. The van der Waals surface area contributed by atoms with E-state index in [1.165, 1.54) is 12.1 Å². The zero-order chi connectivity index (χ0) is 22.8. The van der Waals surface area contributed by atoms with Crippen LogP contribution in [0, 0.1) is 0 Å². The van der Waals surface area contributed by atoms with Gasteiger partial charge in [-0.15, -0.1) is 0 Å². The molecule has 0 aliphatic rings. The minimum absolute atomic E-state index is 0.248. The third-order valence-corrected chi connectivity index (χ3v) is 6.00. The molecule has 0 amide bonds. The molecule has 4 aromatic carbocycles. The lowest BCUT2D eigenvalue weighted by molar-refractivity contribution is -0.151. The highest BCUT2D eigenvalue weighted by atomic mass is 35.5.